The molecule has 0 aliphatic heterocycles. The van der Waals surface area contributed by atoms with Crippen molar-refractivity contribution < 1.29 is 17.1 Å². The molecular weight excluding hydrogens is 759 g/mol. The van der Waals surface area contributed by atoms with Gasteiger partial charge < -0.3 is 8.83 Å². The summed E-state index contributed by atoms with van der Waals surface area (Å²) < 4.78 is 68.8. The summed E-state index contributed by atoms with van der Waals surface area (Å²) in [7, 11) is 0. The Bertz CT molecular complexity index is 3930. The lowest BCUT2D eigenvalue weighted by Gasteiger charge is -2.12. The second-order valence-corrected chi connectivity index (χ2v) is 15.1. The average Bonchev–Trinajstić information content (AvgIpc) is 3.98. The molecule has 0 atom stereocenters. The Hall–Kier alpha value is -8.41. The van der Waals surface area contributed by atoms with Gasteiger partial charge in [-0.05, 0) is 111 Å². The van der Waals surface area contributed by atoms with E-state index < -0.39 is 0 Å². The van der Waals surface area contributed by atoms with Crippen LogP contribution >= 0.6 is 0 Å². The molecule has 0 saturated carbocycles. The van der Waals surface area contributed by atoms with Crippen LogP contribution in [0.15, 0.2) is 221 Å². The Morgan fingerprint density at radius 1 is 0.323 bits per heavy atom. The van der Waals surface area contributed by atoms with Crippen LogP contribution in [0.25, 0.3) is 123 Å². The molecule has 0 N–H and O–H groups in total. The fourth-order valence-electron chi connectivity index (χ4n) is 8.22. The number of furan rings is 2. The standard InChI is InChI=1S/C57H35N3O2/c1-4-14-36(15-5-1)39-20-12-21-40(30-39)46-23-13-25-52-54(46)48-28-26-42(35-53(48)62-52)56-58-55(41-27-29-51-49(34-41)47-22-10-11-24-50(47)61-51)59-57(60-56)45-32-43(37-16-6-2-7-17-37)31-44(33-45)38-18-8-3-9-19-38/h1-35H/i13D,23D,25D,26D,28D,35D. The van der Waals surface area contributed by atoms with Crippen LogP contribution < -0.4 is 0 Å². The highest BCUT2D eigenvalue weighted by Gasteiger charge is 2.19. The van der Waals surface area contributed by atoms with E-state index in [0.29, 0.717) is 22.3 Å². The summed E-state index contributed by atoms with van der Waals surface area (Å²) in [5, 5.41) is 2.09. The van der Waals surface area contributed by atoms with E-state index >= 15 is 0 Å². The highest BCUT2D eigenvalue weighted by molar-refractivity contribution is 6.13. The van der Waals surface area contributed by atoms with Crippen LogP contribution in [0, 0.1) is 0 Å². The van der Waals surface area contributed by atoms with Gasteiger partial charge in [0.25, 0.3) is 0 Å². The largest absolute Gasteiger partial charge is 0.456 e. The third kappa shape index (κ3) is 6.32. The maximum Gasteiger partial charge on any atom is 0.164 e. The van der Waals surface area contributed by atoms with E-state index in [1.165, 1.54) is 0 Å². The number of hydrogen-bond acceptors (Lipinski definition) is 5. The van der Waals surface area contributed by atoms with Gasteiger partial charge in [0.1, 0.15) is 22.3 Å². The molecule has 0 bridgehead atoms. The number of nitrogens with zero attached hydrogens (tertiary/aromatic N) is 3. The molecule has 0 aliphatic rings. The van der Waals surface area contributed by atoms with Gasteiger partial charge in [0.2, 0.25) is 0 Å². The van der Waals surface area contributed by atoms with Crippen molar-refractivity contribution in [2.75, 3.05) is 0 Å². The highest BCUT2D eigenvalue weighted by atomic mass is 16.3. The molecule has 0 saturated heterocycles. The van der Waals surface area contributed by atoms with Gasteiger partial charge in [0, 0.05) is 38.2 Å². The van der Waals surface area contributed by atoms with Crippen molar-refractivity contribution in [1.82, 2.24) is 15.0 Å². The number of hydrogen-bond donors (Lipinski definition) is 0. The first-order valence-corrected chi connectivity index (χ1v) is 20.3. The Morgan fingerprint density at radius 2 is 0.871 bits per heavy atom. The van der Waals surface area contributed by atoms with Crippen LogP contribution in [-0.2, 0) is 0 Å². The topological polar surface area (TPSA) is 65.0 Å². The predicted octanol–water partition coefficient (Wildman–Crippen LogP) is 15.3. The van der Waals surface area contributed by atoms with Crippen LogP contribution in [0.1, 0.15) is 8.22 Å². The summed E-state index contributed by atoms with van der Waals surface area (Å²) in [5.74, 6) is 0.521. The lowest BCUT2D eigenvalue weighted by Crippen LogP contribution is -2.00. The fraction of sp³-hybridized carbons (Fsp3) is 0. The highest BCUT2D eigenvalue weighted by Crippen LogP contribution is 2.40. The predicted molar refractivity (Wildman–Crippen MR) is 252 cm³/mol. The van der Waals surface area contributed by atoms with Crippen molar-refractivity contribution in [2.24, 2.45) is 0 Å². The minimum atomic E-state index is -0.359. The smallest absolute Gasteiger partial charge is 0.164 e. The monoisotopic (exact) mass is 799 g/mol. The zero-order chi connectivity index (χ0) is 46.2. The Balaban J connectivity index is 1.12. The lowest BCUT2D eigenvalue weighted by molar-refractivity contribution is 0.668. The van der Waals surface area contributed by atoms with Crippen molar-refractivity contribution in [1.29, 1.82) is 0 Å². The molecule has 0 amide bonds. The minimum Gasteiger partial charge on any atom is -0.456 e. The molecule has 5 nitrogen and oxygen atoms in total. The van der Waals surface area contributed by atoms with Crippen molar-refractivity contribution in [3.8, 4) is 78.7 Å². The first-order chi connectivity index (χ1) is 33.2. The first-order valence-electron chi connectivity index (χ1n) is 23.3. The molecule has 9 aromatic carbocycles. The maximum atomic E-state index is 9.80. The summed E-state index contributed by atoms with van der Waals surface area (Å²) in [6, 6.07) is 55.1. The van der Waals surface area contributed by atoms with Crippen LogP contribution in [0.5, 0.6) is 0 Å². The zero-order valence-corrected chi connectivity index (χ0v) is 32.9. The van der Waals surface area contributed by atoms with E-state index in [1.807, 2.05) is 170 Å². The molecule has 0 unspecified atom stereocenters. The van der Waals surface area contributed by atoms with Gasteiger partial charge >= 0.3 is 0 Å². The summed E-state index contributed by atoms with van der Waals surface area (Å²) >= 11 is 0. The molecular formula is C57H35N3O2. The second-order valence-electron chi connectivity index (χ2n) is 15.1. The van der Waals surface area contributed by atoms with E-state index in [2.05, 4.69) is 6.07 Å². The molecule has 12 rings (SSSR count). The molecule has 5 heteroatoms. The van der Waals surface area contributed by atoms with E-state index in [-0.39, 0.29) is 86.8 Å². The van der Waals surface area contributed by atoms with Gasteiger partial charge in [0.05, 0.1) is 8.22 Å². The number of benzene rings is 9. The fourth-order valence-corrected chi connectivity index (χ4v) is 8.22. The number of fused-ring (bicyclic) bond motifs is 6. The molecule has 0 fully saturated rings. The van der Waals surface area contributed by atoms with Gasteiger partial charge in [0.15, 0.2) is 17.5 Å². The Labute approximate surface area is 365 Å². The van der Waals surface area contributed by atoms with Crippen molar-refractivity contribution in [3.63, 3.8) is 0 Å². The molecule has 3 aromatic heterocycles. The van der Waals surface area contributed by atoms with E-state index in [4.69, 9.17) is 26.5 Å². The van der Waals surface area contributed by atoms with Crippen LogP contribution in [0.3, 0.4) is 0 Å². The molecule has 0 aliphatic carbocycles. The quantitative estimate of drug-likeness (QED) is 0.161. The number of rotatable bonds is 7. The average molecular weight is 800 g/mol. The molecule has 3 heterocycles. The van der Waals surface area contributed by atoms with Crippen LogP contribution in [0.2, 0.25) is 0 Å². The van der Waals surface area contributed by atoms with E-state index in [9.17, 15) is 5.48 Å². The molecule has 290 valence electrons. The molecule has 12 aromatic rings. The summed E-state index contributed by atoms with van der Waals surface area (Å²) in [6.07, 6.45) is 0. The van der Waals surface area contributed by atoms with Gasteiger partial charge in [-0.1, -0.05) is 146 Å². The molecule has 0 radical (unpaired) electrons. The van der Waals surface area contributed by atoms with Gasteiger partial charge in [-0.25, -0.2) is 15.0 Å². The van der Waals surface area contributed by atoms with Crippen molar-refractivity contribution >= 4 is 43.9 Å². The first kappa shape index (κ1) is 29.7. The van der Waals surface area contributed by atoms with E-state index in [0.717, 1.165) is 49.7 Å². The lowest BCUT2D eigenvalue weighted by atomic mass is 9.95. The maximum absolute atomic E-state index is 9.80. The Kier molecular flexibility index (Phi) is 7.05. The number of para-hydroxylation sites is 1. The van der Waals surface area contributed by atoms with Gasteiger partial charge in [-0.3, -0.25) is 0 Å². The minimum absolute atomic E-state index is 0.0244. The normalized spacial score (nSPS) is 12.9. The number of aromatic nitrogens is 3. The van der Waals surface area contributed by atoms with Gasteiger partial charge in [-0.15, -0.1) is 0 Å². The Morgan fingerprint density at radius 3 is 1.60 bits per heavy atom. The third-order valence-corrected chi connectivity index (χ3v) is 11.2. The summed E-state index contributed by atoms with van der Waals surface area (Å²) in [6.45, 7) is 0. The SMILES string of the molecule is [2H]c1c([2H])c(-c2cccc(-c3ccccc3)c2)c2c(oc3c([2H])c(-c4nc(-c5cc(-c6ccccc6)cc(-c6ccccc6)c5)nc(-c5ccc6oc7ccccc7c6c5)n4)c([2H])c([2H])c32)c1[2H]. The summed E-state index contributed by atoms with van der Waals surface area (Å²) in [5.41, 5.74) is 9.00. The van der Waals surface area contributed by atoms with Gasteiger partial charge in [-0.2, -0.15) is 0 Å². The summed E-state index contributed by atoms with van der Waals surface area (Å²) in [4.78, 5) is 15.1. The molecule has 0 spiro atoms. The zero-order valence-electron chi connectivity index (χ0n) is 38.9. The van der Waals surface area contributed by atoms with Crippen molar-refractivity contribution in [3.05, 3.63) is 212 Å². The molecule has 62 heavy (non-hydrogen) atoms. The van der Waals surface area contributed by atoms with E-state index in [1.54, 1.807) is 0 Å². The third-order valence-electron chi connectivity index (χ3n) is 11.2. The van der Waals surface area contributed by atoms with Crippen molar-refractivity contribution in [2.45, 2.75) is 0 Å². The van der Waals surface area contributed by atoms with Crippen LogP contribution in [-0.4, -0.2) is 15.0 Å². The second kappa shape index (κ2) is 14.7. The van der Waals surface area contributed by atoms with Crippen LogP contribution in [0.4, 0.5) is 0 Å².